The van der Waals surface area contributed by atoms with Crippen molar-refractivity contribution in [2.45, 2.75) is 12.6 Å². The van der Waals surface area contributed by atoms with E-state index in [0.717, 1.165) is 12.3 Å². The van der Waals surface area contributed by atoms with Gasteiger partial charge in [-0.15, -0.1) is 11.6 Å². The first-order chi connectivity index (χ1) is 7.04. The number of hydrogen-bond donors (Lipinski definition) is 0. The van der Waals surface area contributed by atoms with Crippen molar-refractivity contribution in [3.8, 4) is 0 Å². The Morgan fingerprint density at radius 3 is 2.67 bits per heavy atom. The SMILES string of the molecule is FC(F)(F)c1cncc(C=CCCCl)c1. The Kier molecular flexibility index (Phi) is 4.15. The second-order valence-corrected chi connectivity index (χ2v) is 3.26. The van der Waals surface area contributed by atoms with Crippen LogP contribution in [0.1, 0.15) is 17.5 Å². The van der Waals surface area contributed by atoms with E-state index in [-0.39, 0.29) is 0 Å². The van der Waals surface area contributed by atoms with Gasteiger partial charge in [0.15, 0.2) is 0 Å². The monoisotopic (exact) mass is 235 g/mol. The number of aromatic nitrogens is 1. The molecule has 0 spiro atoms. The van der Waals surface area contributed by atoms with Crippen molar-refractivity contribution in [2.75, 3.05) is 5.88 Å². The lowest BCUT2D eigenvalue weighted by Crippen LogP contribution is -2.05. The van der Waals surface area contributed by atoms with Gasteiger partial charge in [-0.2, -0.15) is 13.2 Å². The fraction of sp³-hybridized carbons (Fsp3) is 0.300. The van der Waals surface area contributed by atoms with Crippen molar-refractivity contribution in [1.29, 1.82) is 0 Å². The zero-order valence-corrected chi connectivity index (χ0v) is 8.52. The molecule has 5 heteroatoms. The van der Waals surface area contributed by atoms with E-state index in [1.807, 2.05) is 0 Å². The zero-order chi connectivity index (χ0) is 11.3. The second kappa shape index (κ2) is 5.16. The Morgan fingerprint density at radius 2 is 2.07 bits per heavy atom. The van der Waals surface area contributed by atoms with E-state index in [1.165, 1.54) is 6.20 Å². The molecule has 0 saturated heterocycles. The van der Waals surface area contributed by atoms with E-state index >= 15 is 0 Å². The number of alkyl halides is 4. The number of rotatable bonds is 3. The lowest BCUT2D eigenvalue weighted by Gasteiger charge is -2.05. The summed E-state index contributed by atoms with van der Waals surface area (Å²) >= 11 is 5.42. The Hall–Kier alpha value is -1.03. The van der Waals surface area contributed by atoms with Crippen molar-refractivity contribution in [3.63, 3.8) is 0 Å². The van der Waals surface area contributed by atoms with E-state index in [4.69, 9.17) is 11.6 Å². The minimum Gasteiger partial charge on any atom is -0.263 e. The van der Waals surface area contributed by atoms with Crippen LogP contribution in [0.2, 0.25) is 0 Å². The van der Waals surface area contributed by atoms with Crippen molar-refractivity contribution >= 4 is 17.7 Å². The lowest BCUT2D eigenvalue weighted by molar-refractivity contribution is -0.137. The van der Waals surface area contributed by atoms with Crippen LogP contribution in [-0.4, -0.2) is 10.9 Å². The molecular weight excluding hydrogens is 227 g/mol. The predicted octanol–water partition coefficient (Wildman–Crippen LogP) is 3.74. The molecule has 0 N–H and O–H groups in total. The number of allylic oxidation sites excluding steroid dienone is 1. The molecular formula is C10H9ClF3N. The van der Waals surface area contributed by atoms with Crippen LogP contribution in [-0.2, 0) is 6.18 Å². The van der Waals surface area contributed by atoms with Gasteiger partial charge in [0.2, 0.25) is 0 Å². The maximum atomic E-state index is 12.3. The molecule has 0 aliphatic carbocycles. The van der Waals surface area contributed by atoms with E-state index in [0.29, 0.717) is 17.9 Å². The molecule has 15 heavy (non-hydrogen) atoms. The van der Waals surface area contributed by atoms with Crippen molar-refractivity contribution in [1.82, 2.24) is 4.98 Å². The average molecular weight is 236 g/mol. The lowest BCUT2D eigenvalue weighted by atomic mass is 10.2. The molecule has 0 radical (unpaired) electrons. The van der Waals surface area contributed by atoms with Crippen LogP contribution in [0.4, 0.5) is 13.2 Å². The summed E-state index contributed by atoms with van der Waals surface area (Å²) in [5.41, 5.74) is -0.314. The van der Waals surface area contributed by atoms with E-state index in [1.54, 1.807) is 12.2 Å². The van der Waals surface area contributed by atoms with Gasteiger partial charge in [0.25, 0.3) is 0 Å². The first-order valence-electron chi connectivity index (χ1n) is 4.29. The van der Waals surface area contributed by atoms with Gasteiger partial charge in [-0.25, -0.2) is 0 Å². The highest BCUT2D eigenvalue weighted by Crippen LogP contribution is 2.29. The highest BCUT2D eigenvalue weighted by Gasteiger charge is 2.30. The summed E-state index contributed by atoms with van der Waals surface area (Å²) in [5, 5.41) is 0. The summed E-state index contributed by atoms with van der Waals surface area (Å²) < 4.78 is 36.8. The van der Waals surface area contributed by atoms with Gasteiger partial charge in [-0.05, 0) is 18.1 Å². The quantitative estimate of drug-likeness (QED) is 0.728. The van der Waals surface area contributed by atoms with Gasteiger partial charge in [0.05, 0.1) is 5.56 Å². The summed E-state index contributed by atoms with van der Waals surface area (Å²) in [4.78, 5) is 3.53. The third kappa shape index (κ3) is 3.91. The summed E-state index contributed by atoms with van der Waals surface area (Å²) in [5.74, 6) is 0.447. The van der Waals surface area contributed by atoms with Gasteiger partial charge in [-0.3, -0.25) is 4.98 Å². The number of halogens is 4. The molecule has 1 rings (SSSR count). The first kappa shape index (κ1) is 12.0. The van der Waals surface area contributed by atoms with Crippen LogP contribution in [0, 0.1) is 0 Å². The number of nitrogens with zero attached hydrogens (tertiary/aromatic N) is 1. The number of hydrogen-bond acceptors (Lipinski definition) is 1. The molecule has 0 amide bonds. The third-order valence-corrected chi connectivity index (χ3v) is 1.89. The molecule has 0 bridgehead atoms. The van der Waals surface area contributed by atoms with Gasteiger partial charge in [-0.1, -0.05) is 12.2 Å². The topological polar surface area (TPSA) is 12.9 Å². The van der Waals surface area contributed by atoms with Gasteiger partial charge in [0.1, 0.15) is 0 Å². The van der Waals surface area contributed by atoms with Crippen LogP contribution >= 0.6 is 11.6 Å². The molecule has 0 aliphatic rings. The van der Waals surface area contributed by atoms with E-state index in [2.05, 4.69) is 4.98 Å². The van der Waals surface area contributed by atoms with Crippen molar-refractivity contribution in [3.05, 3.63) is 35.7 Å². The molecule has 82 valence electrons. The van der Waals surface area contributed by atoms with Crippen LogP contribution in [0.25, 0.3) is 6.08 Å². The fourth-order valence-electron chi connectivity index (χ4n) is 0.986. The maximum Gasteiger partial charge on any atom is 0.417 e. The predicted molar refractivity (Wildman–Crippen MR) is 53.6 cm³/mol. The molecule has 0 saturated carbocycles. The average Bonchev–Trinajstić information content (AvgIpc) is 2.17. The molecule has 1 aromatic heterocycles. The molecule has 0 unspecified atom stereocenters. The molecule has 1 aromatic rings. The van der Waals surface area contributed by atoms with Crippen LogP contribution in [0.5, 0.6) is 0 Å². The van der Waals surface area contributed by atoms with Crippen LogP contribution < -0.4 is 0 Å². The van der Waals surface area contributed by atoms with Crippen molar-refractivity contribution < 1.29 is 13.2 Å². The van der Waals surface area contributed by atoms with Crippen molar-refractivity contribution in [2.24, 2.45) is 0 Å². The maximum absolute atomic E-state index is 12.3. The fourth-order valence-corrected chi connectivity index (χ4v) is 1.11. The molecule has 0 aliphatic heterocycles. The van der Waals surface area contributed by atoms with Gasteiger partial charge in [0, 0.05) is 18.3 Å². The third-order valence-electron chi connectivity index (χ3n) is 1.67. The summed E-state index contributed by atoms with van der Waals surface area (Å²) in [6.45, 7) is 0. The minimum absolute atomic E-state index is 0.426. The van der Waals surface area contributed by atoms with Crippen LogP contribution in [0.15, 0.2) is 24.5 Å². The standard InChI is InChI=1S/C10H9ClF3N/c11-4-2-1-3-8-5-9(7-15-6-8)10(12,13)14/h1,3,5-7H,2,4H2. The largest absolute Gasteiger partial charge is 0.417 e. The normalized spacial score (nSPS) is 12.3. The Labute approximate surface area is 90.6 Å². The Balaban J connectivity index is 2.84. The van der Waals surface area contributed by atoms with Gasteiger partial charge >= 0.3 is 6.18 Å². The number of pyridine rings is 1. The minimum atomic E-state index is -4.34. The summed E-state index contributed by atoms with van der Waals surface area (Å²) in [7, 11) is 0. The molecule has 1 heterocycles. The summed E-state index contributed by atoms with van der Waals surface area (Å²) in [6.07, 6.45) is 1.74. The molecule has 0 aromatic carbocycles. The molecule has 0 fully saturated rings. The zero-order valence-electron chi connectivity index (χ0n) is 7.76. The Morgan fingerprint density at radius 1 is 1.33 bits per heavy atom. The van der Waals surface area contributed by atoms with E-state index in [9.17, 15) is 13.2 Å². The molecule has 0 atom stereocenters. The summed E-state index contributed by atoms with van der Waals surface area (Å²) in [6, 6.07) is 1.05. The van der Waals surface area contributed by atoms with Gasteiger partial charge < -0.3 is 0 Å². The molecule has 1 nitrogen and oxygen atoms in total. The second-order valence-electron chi connectivity index (χ2n) is 2.88. The highest BCUT2D eigenvalue weighted by atomic mass is 35.5. The van der Waals surface area contributed by atoms with E-state index < -0.39 is 11.7 Å². The highest BCUT2D eigenvalue weighted by molar-refractivity contribution is 6.17. The Bertz CT molecular complexity index is 347. The first-order valence-corrected chi connectivity index (χ1v) is 4.82. The van der Waals surface area contributed by atoms with Crippen LogP contribution in [0.3, 0.4) is 0 Å². The smallest absolute Gasteiger partial charge is 0.263 e.